The number of hydrogen-bond donors (Lipinski definition) is 1. The first-order valence-corrected chi connectivity index (χ1v) is 11.2. The number of amides is 1. The van der Waals surface area contributed by atoms with Crippen molar-refractivity contribution in [1.82, 2.24) is 19.8 Å². The topological polar surface area (TPSA) is 80.3 Å². The number of anilines is 1. The lowest BCUT2D eigenvalue weighted by atomic mass is 10.2. The standard InChI is InChI=1S/C20H20BrFN6OS/c21-15-6-2-1-5-14(15)19-24-25-20(28(19)23)30-13-18(29)27-11-9-26(10-12-27)17-8-4-3-7-16(17)22/h1-8H,9-13,23H2. The van der Waals surface area contributed by atoms with Crippen LogP contribution in [0.2, 0.25) is 0 Å². The van der Waals surface area contributed by atoms with Crippen molar-refractivity contribution in [2.45, 2.75) is 5.16 Å². The zero-order valence-corrected chi connectivity index (χ0v) is 18.4. The van der Waals surface area contributed by atoms with E-state index in [4.69, 9.17) is 5.84 Å². The van der Waals surface area contributed by atoms with Gasteiger partial charge >= 0.3 is 0 Å². The largest absolute Gasteiger partial charge is 0.366 e. The van der Waals surface area contributed by atoms with Crippen LogP contribution in [0.15, 0.2) is 58.2 Å². The van der Waals surface area contributed by atoms with E-state index in [-0.39, 0.29) is 17.5 Å². The monoisotopic (exact) mass is 490 g/mol. The molecule has 0 radical (unpaired) electrons. The fourth-order valence-electron chi connectivity index (χ4n) is 3.32. The highest BCUT2D eigenvalue weighted by Gasteiger charge is 2.23. The lowest BCUT2D eigenvalue weighted by Crippen LogP contribution is -2.49. The SMILES string of the molecule is Nn1c(SCC(=O)N2CCN(c3ccccc3F)CC2)nnc1-c1ccccc1Br. The Bertz CT molecular complexity index is 1050. The third-order valence-corrected chi connectivity index (χ3v) is 6.55. The summed E-state index contributed by atoms with van der Waals surface area (Å²) in [6.07, 6.45) is 0. The third-order valence-electron chi connectivity index (χ3n) is 4.93. The number of nitrogens with zero attached hydrogens (tertiary/aromatic N) is 5. The van der Waals surface area contributed by atoms with E-state index in [0.29, 0.717) is 42.8 Å². The Balaban J connectivity index is 1.34. The molecule has 3 aromatic rings. The Morgan fingerprint density at radius 2 is 1.77 bits per heavy atom. The molecule has 1 fully saturated rings. The summed E-state index contributed by atoms with van der Waals surface area (Å²) in [6.45, 7) is 2.28. The van der Waals surface area contributed by atoms with Gasteiger partial charge in [-0.1, -0.05) is 52.0 Å². The molecule has 156 valence electrons. The van der Waals surface area contributed by atoms with Gasteiger partial charge in [-0.05, 0) is 24.3 Å². The van der Waals surface area contributed by atoms with Crippen LogP contribution in [-0.4, -0.2) is 57.6 Å². The predicted octanol–water partition coefficient (Wildman–Crippen LogP) is 3.00. The number of rotatable bonds is 5. The molecule has 0 bridgehead atoms. The molecule has 1 aliphatic rings. The van der Waals surface area contributed by atoms with Crippen molar-refractivity contribution in [1.29, 1.82) is 0 Å². The molecule has 30 heavy (non-hydrogen) atoms. The molecular formula is C20H20BrFN6OS. The molecule has 10 heteroatoms. The van der Waals surface area contributed by atoms with Gasteiger partial charge in [-0.2, -0.15) is 0 Å². The second-order valence-corrected chi connectivity index (χ2v) is 8.56. The maximum Gasteiger partial charge on any atom is 0.233 e. The van der Waals surface area contributed by atoms with Gasteiger partial charge in [0.1, 0.15) is 5.82 Å². The molecule has 1 aliphatic heterocycles. The normalized spacial score (nSPS) is 14.2. The molecule has 2 N–H and O–H groups in total. The molecule has 0 spiro atoms. The van der Waals surface area contributed by atoms with Crippen molar-refractivity contribution in [3.8, 4) is 11.4 Å². The van der Waals surface area contributed by atoms with Gasteiger partial charge in [-0.3, -0.25) is 4.79 Å². The number of aromatic nitrogens is 3. The van der Waals surface area contributed by atoms with Gasteiger partial charge in [0.25, 0.3) is 0 Å². The number of thioether (sulfide) groups is 1. The summed E-state index contributed by atoms with van der Waals surface area (Å²) in [5.74, 6) is 6.64. The van der Waals surface area contributed by atoms with Gasteiger partial charge in [0, 0.05) is 36.2 Å². The third kappa shape index (κ3) is 4.29. The van der Waals surface area contributed by atoms with Gasteiger partial charge in [0.05, 0.1) is 11.4 Å². The summed E-state index contributed by atoms with van der Waals surface area (Å²) in [7, 11) is 0. The van der Waals surface area contributed by atoms with Crippen molar-refractivity contribution in [3.63, 3.8) is 0 Å². The van der Waals surface area contributed by atoms with Crippen molar-refractivity contribution in [3.05, 3.63) is 58.8 Å². The molecule has 2 heterocycles. The predicted molar refractivity (Wildman–Crippen MR) is 119 cm³/mol. The quantitative estimate of drug-likeness (QED) is 0.437. The number of carbonyl (C=O) groups is 1. The number of piperazine rings is 1. The van der Waals surface area contributed by atoms with Crippen molar-refractivity contribution in [2.24, 2.45) is 0 Å². The zero-order chi connectivity index (χ0) is 21.1. The van der Waals surface area contributed by atoms with E-state index in [9.17, 15) is 9.18 Å². The van der Waals surface area contributed by atoms with Gasteiger partial charge < -0.3 is 15.6 Å². The van der Waals surface area contributed by atoms with Crippen LogP contribution in [0.5, 0.6) is 0 Å². The Labute approximate surface area is 186 Å². The number of nitrogens with two attached hydrogens (primary N) is 1. The van der Waals surface area contributed by atoms with Crippen LogP contribution in [0.3, 0.4) is 0 Å². The highest BCUT2D eigenvalue weighted by atomic mass is 79.9. The summed E-state index contributed by atoms with van der Waals surface area (Å²) in [5, 5.41) is 8.75. The molecule has 1 aromatic heterocycles. The maximum atomic E-state index is 14.0. The van der Waals surface area contributed by atoms with E-state index in [0.717, 1.165) is 10.0 Å². The van der Waals surface area contributed by atoms with E-state index < -0.39 is 0 Å². The minimum atomic E-state index is -0.240. The Hall–Kier alpha value is -2.59. The molecule has 0 atom stereocenters. The molecule has 1 amide bonds. The molecule has 1 saturated heterocycles. The van der Waals surface area contributed by atoms with Gasteiger partial charge in [0.2, 0.25) is 11.1 Å². The fraction of sp³-hybridized carbons (Fsp3) is 0.250. The number of nitrogen functional groups attached to an aromatic ring is 1. The first-order valence-electron chi connectivity index (χ1n) is 9.40. The van der Waals surface area contributed by atoms with Crippen LogP contribution in [-0.2, 0) is 4.79 Å². The highest BCUT2D eigenvalue weighted by Crippen LogP contribution is 2.28. The van der Waals surface area contributed by atoms with Gasteiger partial charge in [-0.15, -0.1) is 10.2 Å². The van der Waals surface area contributed by atoms with Crippen molar-refractivity contribution < 1.29 is 9.18 Å². The van der Waals surface area contributed by atoms with Crippen LogP contribution < -0.4 is 10.7 Å². The lowest BCUT2D eigenvalue weighted by molar-refractivity contribution is -0.128. The highest BCUT2D eigenvalue weighted by molar-refractivity contribution is 9.10. The summed E-state index contributed by atoms with van der Waals surface area (Å²) in [4.78, 5) is 16.4. The van der Waals surface area contributed by atoms with E-state index in [1.165, 1.54) is 22.5 Å². The first kappa shape index (κ1) is 20.7. The van der Waals surface area contributed by atoms with Crippen molar-refractivity contribution in [2.75, 3.05) is 42.7 Å². The van der Waals surface area contributed by atoms with Crippen LogP contribution in [0.1, 0.15) is 0 Å². The molecule has 0 aliphatic carbocycles. The smallest absolute Gasteiger partial charge is 0.233 e. The summed E-state index contributed by atoms with van der Waals surface area (Å²) in [6, 6.07) is 14.3. The Kier molecular flexibility index (Phi) is 6.24. The number of benzene rings is 2. The van der Waals surface area contributed by atoms with Crippen LogP contribution in [0, 0.1) is 5.82 Å². The van der Waals surface area contributed by atoms with Gasteiger partial charge in [0.15, 0.2) is 5.82 Å². The second kappa shape index (κ2) is 9.05. The maximum absolute atomic E-state index is 14.0. The molecule has 2 aromatic carbocycles. The molecular weight excluding hydrogens is 471 g/mol. The Morgan fingerprint density at radius 1 is 1.07 bits per heavy atom. The number of halogens is 2. The van der Waals surface area contributed by atoms with E-state index >= 15 is 0 Å². The Morgan fingerprint density at radius 3 is 2.50 bits per heavy atom. The molecule has 7 nitrogen and oxygen atoms in total. The molecule has 4 rings (SSSR count). The van der Waals surface area contributed by atoms with E-state index in [1.807, 2.05) is 35.2 Å². The second-order valence-electron chi connectivity index (χ2n) is 6.76. The van der Waals surface area contributed by atoms with Crippen LogP contribution in [0.4, 0.5) is 10.1 Å². The zero-order valence-electron chi connectivity index (χ0n) is 16.0. The lowest BCUT2D eigenvalue weighted by Gasteiger charge is -2.36. The van der Waals surface area contributed by atoms with Crippen LogP contribution in [0.25, 0.3) is 11.4 Å². The minimum absolute atomic E-state index is 0.00127. The molecule has 0 unspecified atom stereocenters. The average Bonchev–Trinajstić information content (AvgIpc) is 3.13. The average molecular weight is 491 g/mol. The number of hydrogen-bond acceptors (Lipinski definition) is 6. The first-order chi connectivity index (χ1) is 14.5. The van der Waals surface area contributed by atoms with E-state index in [1.54, 1.807) is 17.0 Å². The summed E-state index contributed by atoms with van der Waals surface area (Å²) >= 11 is 4.74. The number of carbonyl (C=O) groups excluding carboxylic acids is 1. The van der Waals surface area contributed by atoms with E-state index in [2.05, 4.69) is 26.1 Å². The minimum Gasteiger partial charge on any atom is -0.366 e. The summed E-state index contributed by atoms with van der Waals surface area (Å²) < 4.78 is 16.2. The summed E-state index contributed by atoms with van der Waals surface area (Å²) in [5.41, 5.74) is 1.41. The van der Waals surface area contributed by atoms with Gasteiger partial charge in [-0.25, -0.2) is 9.07 Å². The molecule has 0 saturated carbocycles. The fourth-order valence-corrected chi connectivity index (χ4v) is 4.55. The number of para-hydroxylation sites is 1. The van der Waals surface area contributed by atoms with Crippen LogP contribution >= 0.6 is 27.7 Å². The van der Waals surface area contributed by atoms with Crippen molar-refractivity contribution >= 4 is 39.3 Å².